The predicted molar refractivity (Wildman–Crippen MR) is 69.2 cm³/mol. The summed E-state index contributed by atoms with van der Waals surface area (Å²) in [6, 6.07) is 0.853. The maximum Gasteiger partial charge on any atom is 0.303 e. The van der Waals surface area contributed by atoms with Gasteiger partial charge in [-0.2, -0.15) is 0 Å². The van der Waals surface area contributed by atoms with Crippen LogP contribution in [0.15, 0.2) is 0 Å². The van der Waals surface area contributed by atoms with Crippen LogP contribution in [0, 0.1) is 0 Å². The Kier molecular flexibility index (Phi) is 4.95. The maximum absolute atomic E-state index is 10.7. The molecule has 2 atom stereocenters. The third kappa shape index (κ3) is 4.64. The van der Waals surface area contributed by atoms with Crippen molar-refractivity contribution in [3.8, 4) is 0 Å². The summed E-state index contributed by atoms with van der Waals surface area (Å²) >= 11 is 0. The van der Waals surface area contributed by atoms with Gasteiger partial charge >= 0.3 is 5.97 Å². The van der Waals surface area contributed by atoms with Crippen LogP contribution in [0.3, 0.4) is 0 Å². The topological polar surface area (TPSA) is 52.6 Å². The second-order valence-electron chi connectivity index (χ2n) is 6.05. The maximum atomic E-state index is 10.7. The van der Waals surface area contributed by atoms with E-state index < -0.39 is 5.97 Å². The van der Waals surface area contributed by atoms with E-state index in [1.165, 1.54) is 0 Å². The molecule has 0 aromatic heterocycles. The minimum atomic E-state index is -0.698. The fourth-order valence-corrected chi connectivity index (χ4v) is 2.50. The van der Waals surface area contributed by atoms with Gasteiger partial charge in [-0.15, -0.1) is 0 Å². The molecule has 2 unspecified atom stereocenters. The van der Waals surface area contributed by atoms with E-state index in [-0.39, 0.29) is 12.0 Å². The molecule has 0 saturated carbocycles. The van der Waals surface area contributed by atoms with Crippen molar-refractivity contribution in [2.24, 2.45) is 0 Å². The molecule has 0 radical (unpaired) electrons. The molecule has 17 heavy (non-hydrogen) atoms. The minimum absolute atomic E-state index is 0.106. The summed E-state index contributed by atoms with van der Waals surface area (Å²) in [6.45, 7) is 10.7. The highest BCUT2D eigenvalue weighted by atomic mass is 16.4. The van der Waals surface area contributed by atoms with Crippen LogP contribution in [0.5, 0.6) is 0 Å². The average molecular weight is 242 g/mol. The molecule has 0 amide bonds. The SMILES string of the molecule is CC1CCN(C(C)(C)C)C(CCC(=O)O)CN1. The van der Waals surface area contributed by atoms with Crippen LogP contribution in [0.2, 0.25) is 0 Å². The first-order valence-corrected chi connectivity index (χ1v) is 6.52. The van der Waals surface area contributed by atoms with E-state index in [4.69, 9.17) is 5.11 Å². The number of carbonyl (C=O) groups is 1. The lowest BCUT2D eigenvalue weighted by atomic mass is 10.00. The highest BCUT2D eigenvalue weighted by Crippen LogP contribution is 2.22. The molecule has 1 saturated heterocycles. The molecule has 1 aliphatic heterocycles. The first-order valence-electron chi connectivity index (χ1n) is 6.52. The van der Waals surface area contributed by atoms with Gasteiger partial charge in [-0.25, -0.2) is 0 Å². The smallest absolute Gasteiger partial charge is 0.303 e. The van der Waals surface area contributed by atoms with Gasteiger partial charge in [0.05, 0.1) is 0 Å². The largest absolute Gasteiger partial charge is 0.481 e. The van der Waals surface area contributed by atoms with E-state index in [2.05, 4.69) is 37.9 Å². The number of rotatable bonds is 3. The van der Waals surface area contributed by atoms with Crippen molar-refractivity contribution in [2.45, 2.75) is 64.6 Å². The highest BCUT2D eigenvalue weighted by Gasteiger charge is 2.31. The number of hydrogen-bond donors (Lipinski definition) is 2. The van der Waals surface area contributed by atoms with Crippen LogP contribution in [-0.4, -0.2) is 46.7 Å². The summed E-state index contributed by atoms with van der Waals surface area (Å²) in [5.74, 6) is -0.698. The van der Waals surface area contributed by atoms with Crippen molar-refractivity contribution in [2.75, 3.05) is 13.1 Å². The standard InChI is InChI=1S/C13H26N2O2/c1-10-7-8-15(13(2,3)4)11(9-14-10)5-6-12(16)17/h10-11,14H,5-9H2,1-4H3,(H,16,17). The monoisotopic (exact) mass is 242 g/mol. The third-order valence-corrected chi connectivity index (χ3v) is 3.50. The van der Waals surface area contributed by atoms with E-state index in [0.29, 0.717) is 12.1 Å². The molecule has 0 aliphatic carbocycles. The Balaban J connectivity index is 2.68. The zero-order valence-corrected chi connectivity index (χ0v) is 11.5. The Labute approximate surface area is 104 Å². The van der Waals surface area contributed by atoms with Crippen LogP contribution >= 0.6 is 0 Å². The molecule has 0 aromatic carbocycles. The number of carboxylic acid groups (broad SMARTS) is 1. The van der Waals surface area contributed by atoms with Gasteiger partial charge in [-0.3, -0.25) is 9.69 Å². The zero-order chi connectivity index (χ0) is 13.1. The summed E-state index contributed by atoms with van der Waals surface area (Å²) < 4.78 is 0. The summed E-state index contributed by atoms with van der Waals surface area (Å²) in [5.41, 5.74) is 0.106. The second-order valence-corrected chi connectivity index (χ2v) is 6.05. The lowest BCUT2D eigenvalue weighted by Crippen LogP contribution is -2.50. The van der Waals surface area contributed by atoms with Gasteiger partial charge in [0.15, 0.2) is 0 Å². The summed E-state index contributed by atoms with van der Waals surface area (Å²) in [7, 11) is 0. The van der Waals surface area contributed by atoms with Crippen molar-refractivity contribution >= 4 is 5.97 Å². The van der Waals surface area contributed by atoms with Crippen molar-refractivity contribution in [1.82, 2.24) is 10.2 Å². The van der Waals surface area contributed by atoms with E-state index in [1.807, 2.05) is 0 Å². The van der Waals surface area contributed by atoms with Gasteiger partial charge in [-0.05, 0) is 40.5 Å². The Morgan fingerprint density at radius 1 is 1.47 bits per heavy atom. The number of nitrogens with one attached hydrogen (secondary N) is 1. The van der Waals surface area contributed by atoms with Gasteiger partial charge in [0.1, 0.15) is 0 Å². The number of hydrogen-bond acceptors (Lipinski definition) is 3. The highest BCUT2D eigenvalue weighted by molar-refractivity contribution is 5.66. The van der Waals surface area contributed by atoms with Gasteiger partial charge in [0.2, 0.25) is 0 Å². The van der Waals surface area contributed by atoms with E-state index in [0.717, 1.165) is 25.9 Å². The molecule has 1 heterocycles. The summed E-state index contributed by atoms with van der Waals surface area (Å²) in [6.07, 6.45) is 2.11. The lowest BCUT2D eigenvalue weighted by Gasteiger charge is -2.40. The Morgan fingerprint density at radius 2 is 2.12 bits per heavy atom. The molecule has 0 bridgehead atoms. The first-order chi connectivity index (χ1) is 7.80. The number of aliphatic carboxylic acids is 1. The van der Waals surface area contributed by atoms with Gasteiger partial charge in [-0.1, -0.05) is 0 Å². The van der Waals surface area contributed by atoms with Crippen LogP contribution in [0.1, 0.15) is 47.0 Å². The van der Waals surface area contributed by atoms with Gasteiger partial charge < -0.3 is 10.4 Å². The third-order valence-electron chi connectivity index (χ3n) is 3.50. The van der Waals surface area contributed by atoms with Gasteiger partial charge in [0, 0.05) is 37.1 Å². The van der Waals surface area contributed by atoms with Crippen molar-refractivity contribution < 1.29 is 9.90 Å². The fraction of sp³-hybridized carbons (Fsp3) is 0.923. The molecule has 0 spiro atoms. The van der Waals surface area contributed by atoms with E-state index >= 15 is 0 Å². The van der Waals surface area contributed by atoms with Crippen molar-refractivity contribution in [3.63, 3.8) is 0 Å². The normalized spacial score (nSPS) is 27.8. The Morgan fingerprint density at radius 3 is 2.65 bits per heavy atom. The predicted octanol–water partition coefficient (Wildman–Crippen LogP) is 1.70. The average Bonchev–Trinajstić information content (AvgIpc) is 2.36. The molecular formula is C13H26N2O2. The van der Waals surface area contributed by atoms with E-state index in [1.54, 1.807) is 0 Å². The number of carboxylic acids is 1. The van der Waals surface area contributed by atoms with Crippen LogP contribution in [0.25, 0.3) is 0 Å². The second kappa shape index (κ2) is 5.83. The van der Waals surface area contributed by atoms with Crippen molar-refractivity contribution in [3.05, 3.63) is 0 Å². The molecule has 0 aromatic rings. The van der Waals surface area contributed by atoms with Crippen LogP contribution < -0.4 is 5.32 Å². The Bertz CT molecular complexity index is 261. The first kappa shape index (κ1) is 14.5. The summed E-state index contributed by atoms with van der Waals surface area (Å²) in [4.78, 5) is 13.2. The quantitative estimate of drug-likeness (QED) is 0.791. The molecular weight excluding hydrogens is 216 g/mol. The molecule has 4 heteroatoms. The number of nitrogens with zero attached hydrogens (tertiary/aromatic N) is 1. The van der Waals surface area contributed by atoms with E-state index in [9.17, 15) is 4.79 Å². The molecule has 2 N–H and O–H groups in total. The molecule has 1 rings (SSSR count). The van der Waals surface area contributed by atoms with Crippen LogP contribution in [0.4, 0.5) is 0 Å². The zero-order valence-electron chi connectivity index (χ0n) is 11.5. The molecule has 1 aliphatic rings. The van der Waals surface area contributed by atoms with Gasteiger partial charge in [0.25, 0.3) is 0 Å². The molecule has 100 valence electrons. The molecule has 4 nitrogen and oxygen atoms in total. The van der Waals surface area contributed by atoms with Crippen molar-refractivity contribution in [1.29, 1.82) is 0 Å². The molecule has 1 fully saturated rings. The summed E-state index contributed by atoms with van der Waals surface area (Å²) in [5, 5.41) is 12.3. The Hall–Kier alpha value is -0.610. The fourth-order valence-electron chi connectivity index (χ4n) is 2.50. The lowest BCUT2D eigenvalue weighted by molar-refractivity contribution is -0.137. The minimum Gasteiger partial charge on any atom is -0.481 e. The van der Waals surface area contributed by atoms with Crippen LogP contribution in [-0.2, 0) is 4.79 Å².